The van der Waals surface area contributed by atoms with E-state index in [2.05, 4.69) is 4.90 Å². The Hall–Kier alpha value is -1.91. The van der Waals surface area contributed by atoms with Crippen molar-refractivity contribution in [2.24, 2.45) is 11.7 Å². The number of rotatable bonds is 3. The third-order valence-corrected chi connectivity index (χ3v) is 3.41. The lowest BCUT2D eigenvalue weighted by Crippen LogP contribution is -2.38. The van der Waals surface area contributed by atoms with E-state index in [4.69, 9.17) is 16.2 Å². The quantitative estimate of drug-likeness (QED) is 0.782. The standard InChI is InChI=1S/C13H19N3O2/c1-18-12-7-10(14)6-11(8-12)16-4-2-9(3-5-16)13(15)17/h6-9H,2-5,14H2,1H3,(H2,15,17). The van der Waals surface area contributed by atoms with Crippen molar-refractivity contribution < 1.29 is 9.53 Å². The van der Waals surface area contributed by atoms with Crippen LogP contribution in [0, 0.1) is 5.92 Å². The van der Waals surface area contributed by atoms with Crippen LogP contribution in [0.2, 0.25) is 0 Å². The normalized spacial score (nSPS) is 16.6. The summed E-state index contributed by atoms with van der Waals surface area (Å²) < 4.78 is 5.21. The number of hydrogen-bond acceptors (Lipinski definition) is 4. The molecular weight excluding hydrogens is 230 g/mol. The maximum atomic E-state index is 11.1. The molecule has 4 N–H and O–H groups in total. The fourth-order valence-corrected chi connectivity index (χ4v) is 2.33. The summed E-state index contributed by atoms with van der Waals surface area (Å²) in [6.07, 6.45) is 1.60. The average molecular weight is 249 g/mol. The first kappa shape index (κ1) is 12.5. The summed E-state index contributed by atoms with van der Waals surface area (Å²) in [5.74, 6) is 0.561. The number of benzene rings is 1. The minimum absolute atomic E-state index is 0.00389. The highest BCUT2D eigenvalue weighted by molar-refractivity contribution is 5.77. The van der Waals surface area contributed by atoms with E-state index in [1.165, 1.54) is 0 Å². The number of nitrogens with zero attached hydrogens (tertiary/aromatic N) is 1. The molecule has 1 amide bonds. The van der Waals surface area contributed by atoms with Gasteiger partial charge in [0.1, 0.15) is 5.75 Å². The zero-order chi connectivity index (χ0) is 13.1. The van der Waals surface area contributed by atoms with Crippen molar-refractivity contribution in [2.75, 3.05) is 30.8 Å². The molecule has 1 saturated heterocycles. The Morgan fingerprint density at radius 3 is 2.56 bits per heavy atom. The van der Waals surface area contributed by atoms with E-state index in [-0.39, 0.29) is 11.8 Å². The Balaban J connectivity index is 2.09. The second-order valence-electron chi connectivity index (χ2n) is 4.63. The summed E-state index contributed by atoms with van der Waals surface area (Å²) >= 11 is 0. The van der Waals surface area contributed by atoms with Gasteiger partial charge >= 0.3 is 0 Å². The van der Waals surface area contributed by atoms with Crippen molar-refractivity contribution in [1.82, 2.24) is 0 Å². The molecule has 2 rings (SSSR count). The molecule has 0 radical (unpaired) electrons. The molecule has 1 aromatic rings. The Kier molecular flexibility index (Phi) is 3.60. The first-order chi connectivity index (χ1) is 8.60. The van der Waals surface area contributed by atoms with Crippen LogP contribution in [0.25, 0.3) is 0 Å². The van der Waals surface area contributed by atoms with Crippen molar-refractivity contribution in [1.29, 1.82) is 0 Å². The number of ether oxygens (including phenoxy) is 1. The van der Waals surface area contributed by atoms with Gasteiger partial charge in [0.25, 0.3) is 0 Å². The number of nitrogens with two attached hydrogens (primary N) is 2. The smallest absolute Gasteiger partial charge is 0.220 e. The number of carbonyl (C=O) groups is 1. The number of hydrogen-bond donors (Lipinski definition) is 2. The maximum absolute atomic E-state index is 11.1. The number of nitrogen functional groups attached to an aromatic ring is 1. The monoisotopic (exact) mass is 249 g/mol. The number of anilines is 2. The predicted octanol–water partition coefficient (Wildman–Crippen LogP) is 0.979. The van der Waals surface area contributed by atoms with E-state index in [1.54, 1.807) is 13.2 Å². The minimum Gasteiger partial charge on any atom is -0.497 e. The summed E-state index contributed by atoms with van der Waals surface area (Å²) in [6, 6.07) is 5.67. The summed E-state index contributed by atoms with van der Waals surface area (Å²) in [7, 11) is 1.62. The molecule has 0 atom stereocenters. The van der Waals surface area contributed by atoms with Gasteiger partial charge in [-0.2, -0.15) is 0 Å². The fourth-order valence-electron chi connectivity index (χ4n) is 2.33. The van der Waals surface area contributed by atoms with E-state index in [0.29, 0.717) is 5.69 Å². The summed E-state index contributed by atoms with van der Waals surface area (Å²) in [6.45, 7) is 1.64. The molecule has 0 unspecified atom stereocenters. The Morgan fingerprint density at radius 2 is 2.00 bits per heavy atom. The molecule has 1 heterocycles. The second-order valence-corrected chi connectivity index (χ2v) is 4.63. The van der Waals surface area contributed by atoms with Crippen LogP contribution < -0.4 is 21.1 Å². The van der Waals surface area contributed by atoms with Crippen LogP contribution in [-0.2, 0) is 4.79 Å². The Morgan fingerprint density at radius 1 is 1.33 bits per heavy atom. The number of carbonyl (C=O) groups excluding carboxylic acids is 1. The number of piperidine rings is 1. The molecule has 5 heteroatoms. The van der Waals surface area contributed by atoms with Gasteiger partial charge < -0.3 is 21.1 Å². The van der Waals surface area contributed by atoms with Gasteiger partial charge in [0.05, 0.1) is 7.11 Å². The van der Waals surface area contributed by atoms with Crippen LogP contribution in [0.3, 0.4) is 0 Å². The topological polar surface area (TPSA) is 81.6 Å². The molecule has 1 fully saturated rings. The molecule has 5 nitrogen and oxygen atoms in total. The Labute approximate surface area is 107 Å². The molecule has 1 aromatic carbocycles. The van der Waals surface area contributed by atoms with Gasteiger partial charge in [-0.05, 0) is 18.9 Å². The van der Waals surface area contributed by atoms with Gasteiger partial charge in [-0.15, -0.1) is 0 Å². The predicted molar refractivity (Wildman–Crippen MR) is 71.5 cm³/mol. The van der Waals surface area contributed by atoms with Crippen LogP contribution in [0.5, 0.6) is 5.75 Å². The lowest BCUT2D eigenvalue weighted by molar-refractivity contribution is -0.122. The molecule has 0 saturated carbocycles. The highest BCUT2D eigenvalue weighted by Gasteiger charge is 2.23. The van der Waals surface area contributed by atoms with Crippen LogP contribution in [0.1, 0.15) is 12.8 Å². The van der Waals surface area contributed by atoms with Gasteiger partial charge in [-0.25, -0.2) is 0 Å². The molecule has 98 valence electrons. The summed E-state index contributed by atoms with van der Waals surface area (Å²) in [5, 5.41) is 0. The number of methoxy groups -OCH3 is 1. The van der Waals surface area contributed by atoms with Gasteiger partial charge in [-0.1, -0.05) is 0 Å². The molecule has 1 aliphatic heterocycles. The second kappa shape index (κ2) is 5.16. The third kappa shape index (κ3) is 2.67. The molecule has 0 spiro atoms. The van der Waals surface area contributed by atoms with E-state index < -0.39 is 0 Å². The largest absolute Gasteiger partial charge is 0.497 e. The molecule has 1 aliphatic rings. The number of amides is 1. The van der Waals surface area contributed by atoms with Crippen LogP contribution >= 0.6 is 0 Å². The van der Waals surface area contributed by atoms with E-state index in [1.807, 2.05) is 12.1 Å². The Bertz CT molecular complexity index is 440. The zero-order valence-electron chi connectivity index (χ0n) is 10.6. The van der Waals surface area contributed by atoms with E-state index in [9.17, 15) is 4.79 Å². The summed E-state index contributed by atoms with van der Waals surface area (Å²) in [5.41, 5.74) is 12.9. The van der Waals surface area contributed by atoms with Gasteiger partial charge in [0.15, 0.2) is 0 Å². The molecule has 18 heavy (non-hydrogen) atoms. The molecule has 0 bridgehead atoms. The zero-order valence-corrected chi connectivity index (χ0v) is 10.6. The highest BCUT2D eigenvalue weighted by Crippen LogP contribution is 2.28. The molecular formula is C13H19N3O2. The third-order valence-electron chi connectivity index (χ3n) is 3.41. The van der Waals surface area contributed by atoms with Crippen LogP contribution in [0.4, 0.5) is 11.4 Å². The molecule has 0 aromatic heterocycles. The van der Waals surface area contributed by atoms with Crippen molar-refractivity contribution >= 4 is 17.3 Å². The lowest BCUT2D eigenvalue weighted by atomic mass is 9.96. The minimum atomic E-state index is -0.195. The van der Waals surface area contributed by atoms with Crippen molar-refractivity contribution in [3.63, 3.8) is 0 Å². The van der Waals surface area contributed by atoms with E-state index in [0.717, 1.165) is 37.4 Å². The van der Waals surface area contributed by atoms with E-state index >= 15 is 0 Å². The van der Waals surface area contributed by atoms with Gasteiger partial charge in [0.2, 0.25) is 5.91 Å². The number of primary amides is 1. The fraction of sp³-hybridized carbons (Fsp3) is 0.462. The van der Waals surface area contributed by atoms with Crippen LogP contribution in [0.15, 0.2) is 18.2 Å². The summed E-state index contributed by atoms with van der Waals surface area (Å²) in [4.78, 5) is 13.3. The van der Waals surface area contributed by atoms with Crippen molar-refractivity contribution in [3.8, 4) is 5.75 Å². The van der Waals surface area contributed by atoms with Crippen molar-refractivity contribution in [3.05, 3.63) is 18.2 Å². The highest BCUT2D eigenvalue weighted by atomic mass is 16.5. The molecule has 0 aliphatic carbocycles. The SMILES string of the molecule is COc1cc(N)cc(N2CCC(C(N)=O)CC2)c1. The van der Waals surface area contributed by atoms with Crippen molar-refractivity contribution in [2.45, 2.75) is 12.8 Å². The first-order valence-corrected chi connectivity index (χ1v) is 6.09. The first-order valence-electron chi connectivity index (χ1n) is 6.09. The van der Waals surface area contributed by atoms with Gasteiger partial charge in [-0.3, -0.25) is 4.79 Å². The maximum Gasteiger partial charge on any atom is 0.220 e. The lowest BCUT2D eigenvalue weighted by Gasteiger charge is -2.32. The van der Waals surface area contributed by atoms with Crippen LogP contribution in [-0.4, -0.2) is 26.1 Å². The average Bonchev–Trinajstić information content (AvgIpc) is 2.38. The van der Waals surface area contributed by atoms with Gasteiger partial charge in [0, 0.05) is 42.5 Å².